The van der Waals surface area contributed by atoms with Gasteiger partial charge in [-0.25, -0.2) is 0 Å². The first-order valence-corrected chi connectivity index (χ1v) is 10.8. The minimum atomic E-state index is -0.474. The lowest BCUT2D eigenvalue weighted by atomic mass is 10.2. The lowest BCUT2D eigenvalue weighted by Crippen LogP contribution is -2.27. The number of benzene rings is 2. The molecule has 2 heterocycles. The van der Waals surface area contributed by atoms with Crippen LogP contribution >= 0.6 is 24.0 Å². The molecule has 1 aliphatic rings. The number of anilines is 1. The van der Waals surface area contributed by atoms with Crippen LogP contribution in [-0.2, 0) is 4.79 Å². The van der Waals surface area contributed by atoms with Crippen molar-refractivity contribution < 1.29 is 9.72 Å². The quantitative estimate of drug-likeness (QED) is 0.221. The second kappa shape index (κ2) is 8.13. The Morgan fingerprint density at radius 3 is 2.23 bits per heavy atom. The summed E-state index contributed by atoms with van der Waals surface area (Å²) in [5, 5.41) is 10.9. The molecule has 0 radical (unpaired) electrons. The summed E-state index contributed by atoms with van der Waals surface area (Å²) >= 11 is 6.65. The molecule has 1 amide bonds. The minimum absolute atomic E-state index is 0.0340. The van der Waals surface area contributed by atoms with Gasteiger partial charge in [-0.3, -0.25) is 19.8 Å². The summed E-state index contributed by atoms with van der Waals surface area (Å²) in [5.41, 5.74) is 5.79. The highest BCUT2D eigenvalue weighted by atomic mass is 32.2. The van der Waals surface area contributed by atoms with Crippen molar-refractivity contribution in [1.29, 1.82) is 0 Å². The Labute approximate surface area is 189 Å². The van der Waals surface area contributed by atoms with Crippen molar-refractivity contribution in [3.05, 3.63) is 92.1 Å². The number of nitrogens with zero attached hydrogens (tertiary/aromatic N) is 3. The molecule has 8 heteroatoms. The number of non-ortho nitro benzene ring substituents is 1. The number of aryl methyl sites for hydroxylation is 2. The fourth-order valence-electron chi connectivity index (χ4n) is 3.58. The van der Waals surface area contributed by atoms with E-state index in [1.54, 1.807) is 0 Å². The van der Waals surface area contributed by atoms with E-state index in [4.69, 9.17) is 12.2 Å². The number of carbonyl (C=O) groups is 1. The van der Waals surface area contributed by atoms with Crippen molar-refractivity contribution in [2.75, 3.05) is 4.90 Å². The van der Waals surface area contributed by atoms with E-state index in [2.05, 4.69) is 35.8 Å². The lowest BCUT2D eigenvalue weighted by molar-refractivity contribution is -0.384. The van der Waals surface area contributed by atoms with E-state index in [0.29, 0.717) is 14.9 Å². The van der Waals surface area contributed by atoms with E-state index in [0.717, 1.165) is 22.6 Å². The third-order valence-corrected chi connectivity index (χ3v) is 6.46. The first-order chi connectivity index (χ1) is 14.8. The molecule has 31 heavy (non-hydrogen) atoms. The third-order valence-electron chi connectivity index (χ3n) is 5.16. The van der Waals surface area contributed by atoms with E-state index in [1.165, 1.54) is 46.5 Å². The molecule has 4 rings (SSSR count). The average Bonchev–Trinajstić information content (AvgIpc) is 3.17. The number of thiocarbonyl (C=S) groups is 1. The van der Waals surface area contributed by atoms with Crippen molar-refractivity contribution in [1.82, 2.24) is 4.57 Å². The summed E-state index contributed by atoms with van der Waals surface area (Å²) in [6.07, 6.45) is 1.86. The van der Waals surface area contributed by atoms with Gasteiger partial charge in [0.25, 0.3) is 11.6 Å². The van der Waals surface area contributed by atoms with Crippen molar-refractivity contribution in [3.63, 3.8) is 0 Å². The zero-order valence-electron chi connectivity index (χ0n) is 17.2. The predicted molar refractivity (Wildman–Crippen MR) is 129 cm³/mol. The van der Waals surface area contributed by atoms with Gasteiger partial charge >= 0.3 is 0 Å². The van der Waals surface area contributed by atoms with Gasteiger partial charge < -0.3 is 4.57 Å². The summed E-state index contributed by atoms with van der Waals surface area (Å²) < 4.78 is 2.56. The first kappa shape index (κ1) is 21.0. The second-order valence-electron chi connectivity index (χ2n) is 7.29. The Hall–Kier alpha value is -3.23. The third kappa shape index (κ3) is 3.92. The first-order valence-electron chi connectivity index (χ1n) is 9.54. The maximum Gasteiger partial charge on any atom is 0.270 e. The highest BCUT2D eigenvalue weighted by Crippen LogP contribution is 2.37. The molecule has 2 aromatic carbocycles. The minimum Gasteiger partial charge on any atom is -0.318 e. The molecular weight excluding hydrogens is 430 g/mol. The Balaban J connectivity index is 1.66. The number of carbonyl (C=O) groups excluding carboxylic acids is 1. The van der Waals surface area contributed by atoms with Crippen molar-refractivity contribution in [2.45, 2.75) is 20.8 Å². The largest absolute Gasteiger partial charge is 0.318 e. The number of nitro benzene ring substituents is 1. The van der Waals surface area contributed by atoms with Gasteiger partial charge in [-0.15, -0.1) is 0 Å². The Morgan fingerprint density at radius 1 is 1.00 bits per heavy atom. The molecule has 6 nitrogen and oxygen atoms in total. The smallest absolute Gasteiger partial charge is 0.270 e. The molecule has 3 aromatic rings. The van der Waals surface area contributed by atoms with Gasteiger partial charge in [0, 0.05) is 29.2 Å². The maximum absolute atomic E-state index is 13.1. The number of aromatic nitrogens is 1. The van der Waals surface area contributed by atoms with Crippen LogP contribution in [0.4, 0.5) is 11.4 Å². The number of hydrogen-bond acceptors (Lipinski definition) is 5. The van der Waals surface area contributed by atoms with Crippen LogP contribution in [0.15, 0.2) is 59.5 Å². The molecule has 0 aliphatic carbocycles. The van der Waals surface area contributed by atoms with Crippen LogP contribution in [0.25, 0.3) is 11.8 Å². The number of rotatable bonds is 4. The number of nitro groups is 1. The number of hydrogen-bond donors (Lipinski definition) is 0. The van der Waals surface area contributed by atoms with Crippen LogP contribution in [0, 0.1) is 30.9 Å². The fourth-order valence-corrected chi connectivity index (χ4v) is 4.87. The highest BCUT2D eigenvalue weighted by Gasteiger charge is 2.33. The predicted octanol–water partition coefficient (Wildman–Crippen LogP) is 5.72. The SMILES string of the molecule is Cc1ccc(-n2c(C)cc(/C=C3/SC(=S)N(c4ccc([N+](=O)[O-])cc4)C3=O)c2C)cc1. The van der Waals surface area contributed by atoms with Crippen LogP contribution in [-0.4, -0.2) is 19.7 Å². The van der Waals surface area contributed by atoms with E-state index >= 15 is 0 Å². The lowest BCUT2D eigenvalue weighted by Gasteiger charge is -2.13. The van der Waals surface area contributed by atoms with Crippen LogP contribution in [0.1, 0.15) is 22.5 Å². The molecule has 1 fully saturated rings. The fraction of sp³-hybridized carbons (Fsp3) is 0.130. The van der Waals surface area contributed by atoms with Crippen molar-refractivity contribution in [2.24, 2.45) is 0 Å². The summed E-state index contributed by atoms with van der Waals surface area (Å²) in [6.45, 7) is 6.11. The molecule has 0 spiro atoms. The van der Waals surface area contributed by atoms with Crippen LogP contribution in [0.2, 0.25) is 0 Å². The van der Waals surface area contributed by atoms with Crippen molar-refractivity contribution >= 4 is 51.7 Å². The Kier molecular flexibility index (Phi) is 5.51. The molecule has 0 saturated carbocycles. The number of thioether (sulfide) groups is 1. The summed E-state index contributed by atoms with van der Waals surface area (Å²) in [7, 11) is 0. The van der Waals surface area contributed by atoms with Gasteiger partial charge in [-0.1, -0.05) is 41.7 Å². The molecule has 1 aromatic heterocycles. The van der Waals surface area contributed by atoms with Crippen LogP contribution < -0.4 is 4.90 Å². The normalized spacial score (nSPS) is 15.2. The second-order valence-corrected chi connectivity index (χ2v) is 8.96. The molecular formula is C23H19N3O3S2. The van der Waals surface area contributed by atoms with Gasteiger partial charge in [0.15, 0.2) is 4.32 Å². The van der Waals surface area contributed by atoms with Crippen molar-refractivity contribution in [3.8, 4) is 5.69 Å². The Morgan fingerprint density at radius 2 is 1.61 bits per heavy atom. The van der Waals surface area contributed by atoms with E-state index in [9.17, 15) is 14.9 Å². The zero-order chi connectivity index (χ0) is 22.3. The van der Waals surface area contributed by atoms with Gasteiger partial charge in [-0.05, 0) is 62.7 Å². The number of amides is 1. The molecule has 0 atom stereocenters. The monoisotopic (exact) mass is 449 g/mol. The molecule has 1 aliphatic heterocycles. The standard InChI is InChI=1S/C23H19N3O3S2/c1-14-4-6-18(7-5-14)24-15(2)12-17(16(24)3)13-21-22(27)25(23(30)31-21)19-8-10-20(11-9-19)26(28)29/h4-13H,1-3H3/b21-13+. The molecule has 0 N–H and O–H groups in total. The molecule has 156 valence electrons. The van der Waals surface area contributed by atoms with Crippen LogP contribution in [0.3, 0.4) is 0 Å². The van der Waals surface area contributed by atoms with E-state index < -0.39 is 4.92 Å². The Bertz CT molecular complexity index is 1240. The maximum atomic E-state index is 13.1. The summed E-state index contributed by atoms with van der Waals surface area (Å²) in [4.78, 5) is 25.4. The molecule has 1 saturated heterocycles. The van der Waals surface area contributed by atoms with E-state index in [1.807, 2.05) is 26.0 Å². The summed E-state index contributed by atoms with van der Waals surface area (Å²) in [5.74, 6) is -0.232. The van der Waals surface area contributed by atoms with Gasteiger partial charge in [0.1, 0.15) is 0 Å². The van der Waals surface area contributed by atoms with Gasteiger partial charge in [0.2, 0.25) is 0 Å². The highest BCUT2D eigenvalue weighted by molar-refractivity contribution is 8.27. The average molecular weight is 450 g/mol. The van der Waals surface area contributed by atoms with E-state index in [-0.39, 0.29) is 11.6 Å². The zero-order valence-corrected chi connectivity index (χ0v) is 18.8. The van der Waals surface area contributed by atoms with Crippen LogP contribution in [0.5, 0.6) is 0 Å². The molecule has 0 unspecified atom stereocenters. The topological polar surface area (TPSA) is 68.4 Å². The van der Waals surface area contributed by atoms with Gasteiger partial charge in [-0.2, -0.15) is 0 Å². The van der Waals surface area contributed by atoms with Gasteiger partial charge in [0.05, 0.1) is 15.5 Å². The molecule has 0 bridgehead atoms. The summed E-state index contributed by atoms with van der Waals surface area (Å²) in [6, 6.07) is 16.2.